The van der Waals surface area contributed by atoms with E-state index in [1.54, 1.807) is 11.3 Å². The molecule has 0 unspecified atom stereocenters. The fourth-order valence-electron chi connectivity index (χ4n) is 3.79. The minimum atomic E-state index is -0.562. The first-order valence-electron chi connectivity index (χ1n) is 8.07. The summed E-state index contributed by atoms with van der Waals surface area (Å²) >= 11 is 1.56. The lowest BCUT2D eigenvalue weighted by atomic mass is 9.75. The Hall–Kier alpha value is -1.89. The fourth-order valence-corrected chi connectivity index (χ4v) is 4.51. The summed E-state index contributed by atoms with van der Waals surface area (Å²) in [6.07, 6.45) is 8.86. The van der Waals surface area contributed by atoms with E-state index in [2.05, 4.69) is 10.3 Å². The van der Waals surface area contributed by atoms with Crippen LogP contribution in [-0.2, 0) is 20.9 Å². The van der Waals surface area contributed by atoms with Crippen molar-refractivity contribution >= 4 is 28.2 Å². The number of esters is 1. The number of amides is 1. The topological polar surface area (TPSA) is 72.7 Å². The van der Waals surface area contributed by atoms with Crippen molar-refractivity contribution in [2.24, 2.45) is 5.92 Å². The van der Waals surface area contributed by atoms with Gasteiger partial charge in [-0.1, -0.05) is 6.42 Å². The van der Waals surface area contributed by atoms with Crippen molar-refractivity contribution in [3.63, 3.8) is 0 Å². The molecular formula is C16H19N3O3S. The van der Waals surface area contributed by atoms with Crippen molar-refractivity contribution in [3.8, 4) is 0 Å². The van der Waals surface area contributed by atoms with Crippen LogP contribution in [0.4, 0.5) is 0 Å². The second kappa shape index (κ2) is 5.63. The lowest BCUT2D eigenvalue weighted by Gasteiger charge is -2.35. The van der Waals surface area contributed by atoms with Crippen molar-refractivity contribution < 1.29 is 14.3 Å². The van der Waals surface area contributed by atoms with Crippen LogP contribution in [0.3, 0.4) is 0 Å². The number of hydrogen-bond donors (Lipinski definition) is 1. The molecule has 1 aliphatic carbocycles. The number of carbonyl (C=O) groups excluding carboxylic acids is 2. The SMILES string of the molecule is O=C1C[C@H](C(=O)NCc2cn3ccsc3n2)C2(CCCCC2)O1. The minimum Gasteiger partial charge on any atom is -0.458 e. The van der Waals surface area contributed by atoms with E-state index in [1.807, 2.05) is 22.2 Å². The van der Waals surface area contributed by atoms with Crippen LogP contribution in [0.2, 0.25) is 0 Å². The van der Waals surface area contributed by atoms with Gasteiger partial charge in [0, 0.05) is 17.8 Å². The van der Waals surface area contributed by atoms with Crippen LogP contribution in [0, 0.1) is 5.92 Å². The van der Waals surface area contributed by atoms with Gasteiger partial charge in [-0.3, -0.25) is 14.0 Å². The molecule has 23 heavy (non-hydrogen) atoms. The molecule has 0 aromatic carbocycles. The maximum absolute atomic E-state index is 12.6. The molecule has 1 saturated carbocycles. The van der Waals surface area contributed by atoms with Gasteiger partial charge in [0.05, 0.1) is 24.6 Å². The van der Waals surface area contributed by atoms with E-state index in [-0.39, 0.29) is 24.2 Å². The Bertz CT molecular complexity index is 716. The van der Waals surface area contributed by atoms with Crippen LogP contribution in [0.5, 0.6) is 0 Å². The van der Waals surface area contributed by atoms with Gasteiger partial charge in [0.25, 0.3) is 0 Å². The Morgan fingerprint density at radius 3 is 3.04 bits per heavy atom. The smallest absolute Gasteiger partial charge is 0.307 e. The quantitative estimate of drug-likeness (QED) is 0.875. The van der Waals surface area contributed by atoms with E-state index < -0.39 is 5.60 Å². The van der Waals surface area contributed by atoms with Gasteiger partial charge in [-0.05, 0) is 25.7 Å². The summed E-state index contributed by atoms with van der Waals surface area (Å²) in [6.45, 7) is 0.383. The van der Waals surface area contributed by atoms with E-state index in [0.717, 1.165) is 42.8 Å². The number of aromatic nitrogens is 2. The van der Waals surface area contributed by atoms with Gasteiger partial charge in [0.1, 0.15) is 5.60 Å². The Labute approximate surface area is 137 Å². The molecule has 0 bridgehead atoms. The summed E-state index contributed by atoms with van der Waals surface area (Å²) in [5, 5.41) is 4.91. The Balaban J connectivity index is 1.45. The summed E-state index contributed by atoms with van der Waals surface area (Å²) in [7, 11) is 0. The molecule has 3 heterocycles. The monoisotopic (exact) mass is 333 g/mol. The van der Waals surface area contributed by atoms with Gasteiger partial charge >= 0.3 is 5.97 Å². The number of imidazole rings is 1. The second-order valence-electron chi connectivity index (χ2n) is 6.40. The van der Waals surface area contributed by atoms with E-state index in [9.17, 15) is 9.59 Å². The Morgan fingerprint density at radius 1 is 1.43 bits per heavy atom. The van der Waals surface area contributed by atoms with Crippen molar-refractivity contribution in [2.75, 3.05) is 0 Å². The van der Waals surface area contributed by atoms with Crippen molar-refractivity contribution in [3.05, 3.63) is 23.5 Å². The van der Waals surface area contributed by atoms with Crippen molar-refractivity contribution in [1.82, 2.24) is 14.7 Å². The molecule has 1 atom stereocenters. The van der Waals surface area contributed by atoms with Crippen molar-refractivity contribution in [2.45, 2.75) is 50.7 Å². The molecule has 1 spiro atoms. The maximum Gasteiger partial charge on any atom is 0.307 e. The fraction of sp³-hybridized carbons (Fsp3) is 0.562. The standard InChI is InChI=1S/C16H19N3O3S/c20-13-8-12(16(22-13)4-2-1-3-5-16)14(21)17-9-11-10-19-6-7-23-15(19)18-11/h6-7,10,12H,1-5,8-9H2,(H,17,21)/t12-/m1/s1. The van der Waals surface area contributed by atoms with Crippen LogP contribution < -0.4 is 5.32 Å². The maximum atomic E-state index is 12.6. The van der Waals surface area contributed by atoms with Crippen LogP contribution >= 0.6 is 11.3 Å². The zero-order chi connectivity index (χ0) is 15.9. The normalized spacial score (nSPS) is 23.3. The number of nitrogens with zero attached hydrogens (tertiary/aromatic N) is 2. The summed E-state index contributed by atoms with van der Waals surface area (Å²) in [5.41, 5.74) is 0.265. The molecule has 2 aliphatic rings. The highest BCUT2D eigenvalue weighted by molar-refractivity contribution is 7.15. The first kappa shape index (κ1) is 14.7. The molecule has 1 saturated heterocycles. The second-order valence-corrected chi connectivity index (χ2v) is 7.27. The number of thiazole rings is 1. The first-order chi connectivity index (χ1) is 11.2. The van der Waals surface area contributed by atoms with Gasteiger partial charge in [-0.2, -0.15) is 0 Å². The van der Waals surface area contributed by atoms with Crippen LogP contribution in [0.25, 0.3) is 4.96 Å². The summed E-state index contributed by atoms with van der Waals surface area (Å²) in [4.78, 5) is 29.8. The lowest BCUT2D eigenvalue weighted by Crippen LogP contribution is -2.45. The van der Waals surface area contributed by atoms with E-state index >= 15 is 0 Å². The van der Waals surface area contributed by atoms with E-state index in [0.29, 0.717) is 6.54 Å². The average molecular weight is 333 g/mol. The molecule has 2 aromatic rings. The molecule has 0 radical (unpaired) electrons. The average Bonchev–Trinajstić information content (AvgIpc) is 3.19. The minimum absolute atomic E-state index is 0.0888. The molecule has 2 aromatic heterocycles. The van der Waals surface area contributed by atoms with Crippen molar-refractivity contribution in [1.29, 1.82) is 0 Å². The number of rotatable bonds is 3. The Morgan fingerprint density at radius 2 is 2.26 bits per heavy atom. The summed E-state index contributed by atoms with van der Waals surface area (Å²) in [5.74, 6) is -0.692. The van der Waals surface area contributed by atoms with Crippen LogP contribution in [0.1, 0.15) is 44.2 Å². The highest BCUT2D eigenvalue weighted by Gasteiger charge is 2.52. The summed E-state index contributed by atoms with van der Waals surface area (Å²) < 4.78 is 7.53. The number of fused-ring (bicyclic) bond motifs is 1. The molecule has 1 aliphatic heterocycles. The van der Waals surface area contributed by atoms with Crippen LogP contribution in [-0.4, -0.2) is 26.9 Å². The number of ether oxygens (including phenoxy) is 1. The zero-order valence-corrected chi connectivity index (χ0v) is 13.6. The van der Waals surface area contributed by atoms with Crippen LogP contribution in [0.15, 0.2) is 17.8 Å². The molecular weight excluding hydrogens is 314 g/mol. The summed E-state index contributed by atoms with van der Waals surface area (Å²) in [6, 6.07) is 0. The van der Waals surface area contributed by atoms with Gasteiger partial charge < -0.3 is 10.1 Å². The molecule has 1 N–H and O–H groups in total. The van der Waals surface area contributed by atoms with Gasteiger partial charge in [0.2, 0.25) is 5.91 Å². The lowest BCUT2D eigenvalue weighted by molar-refractivity contribution is -0.153. The molecule has 7 heteroatoms. The third-order valence-electron chi connectivity index (χ3n) is 4.93. The third kappa shape index (κ3) is 2.63. The number of nitrogens with one attached hydrogen (secondary N) is 1. The van der Waals surface area contributed by atoms with E-state index in [4.69, 9.17) is 4.74 Å². The predicted molar refractivity (Wildman–Crippen MR) is 84.9 cm³/mol. The molecule has 122 valence electrons. The van der Waals surface area contributed by atoms with Gasteiger partial charge in [0.15, 0.2) is 4.96 Å². The largest absolute Gasteiger partial charge is 0.458 e. The highest BCUT2D eigenvalue weighted by atomic mass is 32.1. The molecule has 1 amide bonds. The highest BCUT2D eigenvalue weighted by Crippen LogP contribution is 2.44. The number of hydrogen-bond acceptors (Lipinski definition) is 5. The molecule has 2 fully saturated rings. The third-order valence-corrected chi connectivity index (χ3v) is 5.70. The predicted octanol–water partition coefficient (Wildman–Crippen LogP) is 2.28. The zero-order valence-electron chi connectivity index (χ0n) is 12.8. The first-order valence-corrected chi connectivity index (χ1v) is 8.95. The Kier molecular flexibility index (Phi) is 3.60. The van der Waals surface area contributed by atoms with Gasteiger partial charge in [-0.15, -0.1) is 11.3 Å². The molecule has 6 nitrogen and oxygen atoms in total. The molecule has 4 rings (SSSR count). The van der Waals surface area contributed by atoms with E-state index in [1.165, 1.54) is 0 Å². The number of carbonyl (C=O) groups is 2. The van der Waals surface area contributed by atoms with Gasteiger partial charge in [-0.25, -0.2) is 4.98 Å².